The van der Waals surface area contributed by atoms with Crippen LogP contribution in [0.3, 0.4) is 0 Å². The highest BCUT2D eigenvalue weighted by Crippen LogP contribution is 2.16. The maximum atomic E-state index is 12.3. The summed E-state index contributed by atoms with van der Waals surface area (Å²) in [5.41, 5.74) is 0.421. The minimum absolute atomic E-state index is 0.194. The van der Waals surface area contributed by atoms with Gasteiger partial charge in [0, 0.05) is 32.3 Å². The fourth-order valence-corrected chi connectivity index (χ4v) is 3.32. The third-order valence-corrected chi connectivity index (χ3v) is 5.12. The second kappa shape index (κ2) is 8.11. The third kappa shape index (κ3) is 4.52. The van der Waals surface area contributed by atoms with Crippen LogP contribution in [-0.2, 0) is 14.8 Å². The molecule has 1 rings (SSSR count). The van der Waals surface area contributed by atoms with Crippen molar-refractivity contribution in [2.75, 3.05) is 33.4 Å². The number of nitrogens with one attached hydrogen (secondary N) is 1. The Kier molecular flexibility index (Phi) is 6.80. The number of hydrogen-bond donors (Lipinski definition) is 1. The molecular formula is C14H22N2O4S. The number of benzene rings is 1. The van der Waals surface area contributed by atoms with Gasteiger partial charge in [-0.25, -0.2) is 8.42 Å². The number of rotatable bonds is 8. The first kappa shape index (κ1) is 17.6. The molecule has 0 bridgehead atoms. The first-order valence-electron chi connectivity index (χ1n) is 6.84. The third-order valence-electron chi connectivity index (χ3n) is 3.05. The normalized spacial score (nSPS) is 11.6. The van der Waals surface area contributed by atoms with E-state index in [9.17, 15) is 13.2 Å². The Hall–Kier alpha value is -1.44. The van der Waals surface area contributed by atoms with Crippen LogP contribution < -0.4 is 5.32 Å². The molecule has 21 heavy (non-hydrogen) atoms. The Morgan fingerprint density at radius 3 is 2.24 bits per heavy atom. The molecule has 0 fully saturated rings. The molecule has 0 radical (unpaired) electrons. The topological polar surface area (TPSA) is 75.7 Å². The summed E-state index contributed by atoms with van der Waals surface area (Å²) in [6, 6.07) is 5.94. The number of carbonyl (C=O) groups is 1. The van der Waals surface area contributed by atoms with Crippen LogP contribution in [0, 0.1) is 0 Å². The highest BCUT2D eigenvalue weighted by atomic mass is 32.2. The molecule has 0 heterocycles. The summed E-state index contributed by atoms with van der Waals surface area (Å²) in [5, 5.41) is 2.68. The maximum Gasteiger partial charge on any atom is 0.251 e. The lowest BCUT2D eigenvalue weighted by atomic mass is 10.2. The molecule has 0 atom stereocenters. The highest BCUT2D eigenvalue weighted by molar-refractivity contribution is 7.89. The summed E-state index contributed by atoms with van der Waals surface area (Å²) >= 11 is 0. The molecular weight excluding hydrogens is 292 g/mol. The Morgan fingerprint density at radius 1 is 1.19 bits per heavy atom. The smallest absolute Gasteiger partial charge is 0.251 e. The van der Waals surface area contributed by atoms with Gasteiger partial charge in [0.25, 0.3) is 5.91 Å². The Labute approximate surface area is 126 Å². The number of nitrogens with zero attached hydrogens (tertiary/aromatic N) is 1. The van der Waals surface area contributed by atoms with Gasteiger partial charge < -0.3 is 10.1 Å². The van der Waals surface area contributed by atoms with Gasteiger partial charge in [-0.05, 0) is 24.3 Å². The van der Waals surface area contributed by atoms with Crippen molar-refractivity contribution in [2.24, 2.45) is 0 Å². The standard InChI is InChI=1S/C14H22N2O4S/c1-4-16(5-2)21(18,19)13-8-6-12(7-9-13)14(17)15-10-11-20-3/h6-9H,4-5,10-11H2,1-3H3,(H,15,17). The van der Waals surface area contributed by atoms with Crippen LogP contribution in [0.1, 0.15) is 24.2 Å². The summed E-state index contributed by atoms with van der Waals surface area (Å²) in [6.07, 6.45) is 0. The largest absolute Gasteiger partial charge is 0.383 e. The van der Waals surface area contributed by atoms with Crippen molar-refractivity contribution in [3.63, 3.8) is 0 Å². The number of carbonyl (C=O) groups excluding carboxylic acids is 1. The molecule has 1 amide bonds. The number of methoxy groups -OCH3 is 1. The van der Waals surface area contributed by atoms with Crippen LogP contribution in [0.5, 0.6) is 0 Å². The molecule has 1 aromatic rings. The SMILES string of the molecule is CCN(CC)S(=O)(=O)c1ccc(C(=O)NCCOC)cc1. The van der Waals surface area contributed by atoms with Crippen molar-refractivity contribution in [1.82, 2.24) is 9.62 Å². The summed E-state index contributed by atoms with van der Waals surface area (Å²) < 4.78 is 30.8. The molecule has 0 saturated heterocycles. The average molecular weight is 314 g/mol. The zero-order valence-corrected chi connectivity index (χ0v) is 13.4. The lowest BCUT2D eigenvalue weighted by Crippen LogP contribution is -2.30. The van der Waals surface area contributed by atoms with Crippen molar-refractivity contribution in [1.29, 1.82) is 0 Å². The predicted molar refractivity (Wildman–Crippen MR) is 80.8 cm³/mol. The minimum Gasteiger partial charge on any atom is -0.383 e. The fourth-order valence-electron chi connectivity index (χ4n) is 1.86. The van der Waals surface area contributed by atoms with Crippen LogP contribution in [0.15, 0.2) is 29.2 Å². The quantitative estimate of drug-likeness (QED) is 0.729. The predicted octanol–water partition coefficient (Wildman–Crippen LogP) is 1.09. The van der Waals surface area contributed by atoms with Crippen LogP contribution in [0.25, 0.3) is 0 Å². The lowest BCUT2D eigenvalue weighted by Gasteiger charge is -2.18. The maximum absolute atomic E-state index is 12.3. The number of sulfonamides is 1. The van der Waals surface area contributed by atoms with E-state index in [-0.39, 0.29) is 10.8 Å². The molecule has 6 nitrogen and oxygen atoms in total. The Balaban J connectivity index is 2.85. The van der Waals surface area contributed by atoms with Gasteiger partial charge >= 0.3 is 0 Å². The van der Waals surface area contributed by atoms with E-state index in [2.05, 4.69) is 5.32 Å². The van der Waals surface area contributed by atoms with Crippen LogP contribution in [0.2, 0.25) is 0 Å². The lowest BCUT2D eigenvalue weighted by molar-refractivity contribution is 0.0937. The molecule has 0 spiro atoms. The van der Waals surface area contributed by atoms with E-state index in [1.54, 1.807) is 21.0 Å². The summed E-state index contributed by atoms with van der Waals surface area (Å²) in [7, 11) is -1.93. The molecule has 0 aromatic heterocycles. The van der Waals surface area contributed by atoms with E-state index in [1.165, 1.54) is 28.6 Å². The van der Waals surface area contributed by atoms with Gasteiger partial charge in [0.2, 0.25) is 10.0 Å². The molecule has 0 aliphatic heterocycles. The van der Waals surface area contributed by atoms with Crippen LogP contribution in [-0.4, -0.2) is 52.0 Å². The Morgan fingerprint density at radius 2 is 1.76 bits per heavy atom. The van der Waals surface area contributed by atoms with Gasteiger partial charge in [-0.3, -0.25) is 4.79 Å². The monoisotopic (exact) mass is 314 g/mol. The van der Waals surface area contributed by atoms with Gasteiger partial charge in [-0.1, -0.05) is 13.8 Å². The van der Waals surface area contributed by atoms with E-state index in [4.69, 9.17) is 4.74 Å². The second-order valence-corrected chi connectivity index (χ2v) is 6.30. The number of ether oxygens (including phenoxy) is 1. The number of amides is 1. The second-order valence-electron chi connectivity index (χ2n) is 4.36. The summed E-state index contributed by atoms with van der Waals surface area (Å²) in [5.74, 6) is -0.251. The average Bonchev–Trinajstić information content (AvgIpc) is 2.48. The van der Waals surface area contributed by atoms with E-state index in [0.29, 0.717) is 31.8 Å². The van der Waals surface area contributed by atoms with Crippen molar-refractivity contribution in [2.45, 2.75) is 18.7 Å². The summed E-state index contributed by atoms with van der Waals surface area (Å²) in [6.45, 7) is 5.25. The first-order chi connectivity index (χ1) is 9.97. The number of hydrogen-bond acceptors (Lipinski definition) is 4. The fraction of sp³-hybridized carbons (Fsp3) is 0.500. The summed E-state index contributed by atoms with van der Waals surface area (Å²) in [4.78, 5) is 12.0. The van der Waals surface area contributed by atoms with Crippen molar-refractivity contribution in [3.05, 3.63) is 29.8 Å². The van der Waals surface area contributed by atoms with E-state index in [0.717, 1.165) is 0 Å². The van der Waals surface area contributed by atoms with Gasteiger partial charge in [0.15, 0.2) is 0 Å². The zero-order chi connectivity index (χ0) is 15.9. The van der Waals surface area contributed by atoms with Crippen molar-refractivity contribution >= 4 is 15.9 Å². The molecule has 0 unspecified atom stereocenters. The molecule has 0 saturated carbocycles. The molecule has 0 aliphatic carbocycles. The van der Waals surface area contributed by atoms with E-state index >= 15 is 0 Å². The molecule has 1 N–H and O–H groups in total. The molecule has 7 heteroatoms. The highest BCUT2D eigenvalue weighted by Gasteiger charge is 2.21. The molecule has 0 aliphatic rings. The molecule has 118 valence electrons. The van der Waals surface area contributed by atoms with Gasteiger partial charge in [-0.2, -0.15) is 4.31 Å². The molecule has 1 aromatic carbocycles. The van der Waals surface area contributed by atoms with Crippen molar-refractivity contribution in [3.8, 4) is 0 Å². The van der Waals surface area contributed by atoms with Crippen molar-refractivity contribution < 1.29 is 17.9 Å². The Bertz CT molecular complexity index is 551. The zero-order valence-electron chi connectivity index (χ0n) is 12.6. The van der Waals surface area contributed by atoms with Crippen LogP contribution in [0.4, 0.5) is 0 Å². The van der Waals surface area contributed by atoms with E-state index < -0.39 is 10.0 Å². The van der Waals surface area contributed by atoms with Crippen LogP contribution >= 0.6 is 0 Å². The van der Waals surface area contributed by atoms with E-state index in [1.807, 2.05) is 0 Å². The van der Waals surface area contributed by atoms with Gasteiger partial charge in [0.05, 0.1) is 11.5 Å². The van der Waals surface area contributed by atoms with Gasteiger partial charge in [-0.15, -0.1) is 0 Å². The minimum atomic E-state index is -3.48. The first-order valence-corrected chi connectivity index (χ1v) is 8.28. The van der Waals surface area contributed by atoms with Gasteiger partial charge in [0.1, 0.15) is 0 Å².